The van der Waals surface area contributed by atoms with Gasteiger partial charge in [-0.25, -0.2) is 9.37 Å². The third-order valence-electron chi connectivity index (χ3n) is 6.17. The highest BCUT2D eigenvalue weighted by atomic mass is 19.1. The summed E-state index contributed by atoms with van der Waals surface area (Å²) in [6.45, 7) is 7.69. The minimum Gasteiger partial charge on any atom is -0.379 e. The second kappa shape index (κ2) is 10.7. The van der Waals surface area contributed by atoms with E-state index >= 15 is 0 Å². The summed E-state index contributed by atoms with van der Waals surface area (Å²) >= 11 is 0. The highest BCUT2D eigenvalue weighted by Crippen LogP contribution is 2.23. The molecular weight excluding hydrogens is 407 g/mol. The number of nitrogens with one attached hydrogen (secondary N) is 2. The van der Waals surface area contributed by atoms with Crippen LogP contribution >= 0.6 is 0 Å². The lowest BCUT2D eigenvalue weighted by Gasteiger charge is -2.35. The van der Waals surface area contributed by atoms with Crippen LogP contribution in [0.2, 0.25) is 0 Å². The zero-order valence-electron chi connectivity index (χ0n) is 18.9. The van der Waals surface area contributed by atoms with Crippen molar-refractivity contribution in [2.75, 3.05) is 57.9 Å². The summed E-state index contributed by atoms with van der Waals surface area (Å²) in [5.41, 5.74) is 2.56. The smallest absolute Gasteiger partial charge is 0.191 e. The van der Waals surface area contributed by atoms with E-state index in [-0.39, 0.29) is 17.9 Å². The number of benzene rings is 1. The first-order chi connectivity index (χ1) is 15.6. The number of nitrogens with zero attached hydrogens (tertiary/aromatic N) is 4. The van der Waals surface area contributed by atoms with Crippen LogP contribution < -0.4 is 15.5 Å². The zero-order chi connectivity index (χ0) is 22.3. The van der Waals surface area contributed by atoms with Crippen molar-refractivity contribution in [3.63, 3.8) is 0 Å². The lowest BCUT2D eigenvalue weighted by atomic mass is 10.0. The highest BCUT2D eigenvalue weighted by Gasteiger charge is 2.27. The fourth-order valence-corrected chi connectivity index (χ4v) is 4.49. The standard InChI is InChI=1S/C24H33FN6O/c1-18-5-3-6-19(15-18)22(30-11-13-32-14-12-30)16-28-24(26-2)29-20-8-10-31(17-20)23-21(25)7-4-9-27-23/h3-7,9,15,20,22H,8,10-14,16-17H2,1-2H3,(H2,26,28,29). The predicted molar refractivity (Wildman–Crippen MR) is 126 cm³/mol. The summed E-state index contributed by atoms with van der Waals surface area (Å²) in [6, 6.07) is 12.2. The number of aromatic nitrogens is 1. The highest BCUT2D eigenvalue weighted by molar-refractivity contribution is 5.80. The van der Waals surface area contributed by atoms with Crippen LogP contribution in [0.1, 0.15) is 23.6 Å². The molecule has 0 spiro atoms. The van der Waals surface area contributed by atoms with Gasteiger partial charge in [0, 0.05) is 52.0 Å². The van der Waals surface area contributed by atoms with Crippen molar-refractivity contribution in [3.05, 3.63) is 59.5 Å². The maximum absolute atomic E-state index is 14.1. The van der Waals surface area contributed by atoms with E-state index < -0.39 is 0 Å². The number of guanidine groups is 1. The molecule has 0 radical (unpaired) electrons. The van der Waals surface area contributed by atoms with Gasteiger partial charge in [-0.1, -0.05) is 29.8 Å². The lowest BCUT2D eigenvalue weighted by molar-refractivity contribution is 0.0170. The number of aliphatic imine (C=N–C) groups is 1. The van der Waals surface area contributed by atoms with Crippen molar-refractivity contribution in [2.24, 2.45) is 4.99 Å². The second-order valence-electron chi connectivity index (χ2n) is 8.42. The summed E-state index contributed by atoms with van der Waals surface area (Å²) < 4.78 is 19.7. The number of rotatable bonds is 6. The van der Waals surface area contributed by atoms with Crippen molar-refractivity contribution in [3.8, 4) is 0 Å². The van der Waals surface area contributed by atoms with Crippen LogP contribution in [0.3, 0.4) is 0 Å². The number of ether oxygens (including phenoxy) is 1. The van der Waals surface area contributed by atoms with E-state index in [1.54, 1.807) is 19.3 Å². The summed E-state index contributed by atoms with van der Waals surface area (Å²) in [4.78, 5) is 13.1. The molecule has 32 heavy (non-hydrogen) atoms. The number of anilines is 1. The molecule has 4 rings (SSSR count). The van der Waals surface area contributed by atoms with Gasteiger partial charge in [-0.05, 0) is 31.0 Å². The largest absolute Gasteiger partial charge is 0.379 e. The van der Waals surface area contributed by atoms with Gasteiger partial charge in [0.05, 0.1) is 19.3 Å². The summed E-state index contributed by atoms with van der Waals surface area (Å²) in [5, 5.41) is 7.04. The quantitative estimate of drug-likeness (QED) is 0.531. The zero-order valence-corrected chi connectivity index (χ0v) is 18.9. The van der Waals surface area contributed by atoms with Crippen molar-refractivity contribution in [1.82, 2.24) is 20.5 Å². The minimum atomic E-state index is -0.276. The summed E-state index contributed by atoms with van der Waals surface area (Å²) in [5.74, 6) is 0.915. The molecule has 172 valence electrons. The van der Waals surface area contributed by atoms with E-state index in [4.69, 9.17) is 4.74 Å². The van der Waals surface area contributed by atoms with Crippen LogP contribution in [0.25, 0.3) is 0 Å². The van der Waals surface area contributed by atoms with Crippen molar-refractivity contribution in [1.29, 1.82) is 0 Å². The Hall–Kier alpha value is -2.71. The molecule has 2 aliphatic heterocycles. The molecule has 0 saturated carbocycles. The van der Waals surface area contributed by atoms with Gasteiger partial charge in [0.25, 0.3) is 0 Å². The molecule has 0 aliphatic carbocycles. The van der Waals surface area contributed by atoms with Gasteiger partial charge in [-0.15, -0.1) is 0 Å². The fraction of sp³-hybridized carbons (Fsp3) is 0.500. The van der Waals surface area contributed by atoms with Gasteiger partial charge in [0.1, 0.15) is 0 Å². The van der Waals surface area contributed by atoms with E-state index in [1.165, 1.54) is 17.2 Å². The summed E-state index contributed by atoms with van der Waals surface area (Å²) in [6.07, 6.45) is 2.54. The number of pyridine rings is 1. The van der Waals surface area contributed by atoms with Crippen LogP contribution in [0.5, 0.6) is 0 Å². The third kappa shape index (κ3) is 5.55. The van der Waals surface area contributed by atoms with E-state index in [1.807, 2.05) is 4.90 Å². The Bertz CT molecular complexity index is 917. The Morgan fingerprint density at radius 3 is 2.84 bits per heavy atom. The molecule has 1 aromatic carbocycles. The van der Waals surface area contributed by atoms with Crippen molar-refractivity contribution >= 4 is 11.8 Å². The number of morpholine rings is 1. The molecule has 1 aromatic heterocycles. The van der Waals surface area contributed by atoms with Gasteiger partial charge < -0.3 is 20.3 Å². The van der Waals surface area contributed by atoms with Crippen LogP contribution in [0, 0.1) is 12.7 Å². The van der Waals surface area contributed by atoms with E-state index in [2.05, 4.69) is 56.7 Å². The molecule has 2 N–H and O–H groups in total. The average Bonchev–Trinajstić information content (AvgIpc) is 3.28. The first kappa shape index (κ1) is 22.5. The second-order valence-corrected chi connectivity index (χ2v) is 8.42. The van der Waals surface area contributed by atoms with Gasteiger partial charge in [0.15, 0.2) is 17.6 Å². The molecule has 7 nitrogen and oxygen atoms in total. The Balaban J connectivity index is 1.37. The third-order valence-corrected chi connectivity index (χ3v) is 6.17. The van der Waals surface area contributed by atoms with Crippen LogP contribution in [-0.2, 0) is 4.74 Å². The molecule has 2 atom stereocenters. The molecule has 0 bridgehead atoms. The van der Waals surface area contributed by atoms with Crippen LogP contribution in [0.4, 0.5) is 10.2 Å². The molecule has 2 saturated heterocycles. The normalized spacial score (nSPS) is 20.9. The molecule has 2 unspecified atom stereocenters. The molecular formula is C24H33FN6O. The molecule has 2 fully saturated rings. The monoisotopic (exact) mass is 440 g/mol. The topological polar surface area (TPSA) is 65.0 Å². The van der Waals surface area contributed by atoms with Gasteiger partial charge in [-0.2, -0.15) is 0 Å². The molecule has 2 aliphatic rings. The maximum Gasteiger partial charge on any atom is 0.191 e. The Morgan fingerprint density at radius 1 is 1.25 bits per heavy atom. The molecule has 2 aromatic rings. The first-order valence-corrected chi connectivity index (χ1v) is 11.3. The molecule has 0 amide bonds. The fourth-order valence-electron chi connectivity index (χ4n) is 4.49. The van der Waals surface area contributed by atoms with Crippen LogP contribution in [-0.4, -0.2) is 74.9 Å². The average molecular weight is 441 g/mol. The van der Waals surface area contributed by atoms with E-state index in [0.717, 1.165) is 51.8 Å². The number of halogens is 1. The predicted octanol–water partition coefficient (Wildman–Crippen LogP) is 2.35. The Labute approximate surface area is 189 Å². The number of hydrogen-bond donors (Lipinski definition) is 2. The van der Waals surface area contributed by atoms with E-state index in [9.17, 15) is 4.39 Å². The SMILES string of the molecule is CN=C(NCC(c1cccc(C)c1)N1CCOCC1)NC1CCN(c2ncccc2F)C1. The lowest BCUT2D eigenvalue weighted by Crippen LogP contribution is -2.49. The van der Waals surface area contributed by atoms with Crippen molar-refractivity contribution < 1.29 is 9.13 Å². The first-order valence-electron chi connectivity index (χ1n) is 11.3. The van der Waals surface area contributed by atoms with Crippen molar-refractivity contribution in [2.45, 2.75) is 25.4 Å². The molecule has 8 heteroatoms. The number of hydrogen-bond acceptors (Lipinski definition) is 5. The Kier molecular flexibility index (Phi) is 7.55. The van der Waals surface area contributed by atoms with Crippen LogP contribution in [0.15, 0.2) is 47.6 Å². The number of aryl methyl sites for hydroxylation is 1. The van der Waals surface area contributed by atoms with Gasteiger partial charge in [0.2, 0.25) is 0 Å². The summed E-state index contributed by atoms with van der Waals surface area (Å²) in [7, 11) is 1.79. The maximum atomic E-state index is 14.1. The Morgan fingerprint density at radius 2 is 2.09 bits per heavy atom. The van der Waals surface area contributed by atoms with Gasteiger partial charge in [-0.3, -0.25) is 9.89 Å². The minimum absolute atomic E-state index is 0.184. The van der Waals surface area contributed by atoms with E-state index in [0.29, 0.717) is 12.4 Å². The van der Waals surface area contributed by atoms with Gasteiger partial charge >= 0.3 is 0 Å². The molecule has 3 heterocycles.